The molecular weight excluding hydrogens is 136 g/mol. The van der Waals surface area contributed by atoms with E-state index in [1.165, 1.54) is 0 Å². The molecule has 0 saturated heterocycles. The zero-order chi connectivity index (χ0) is 6.85. The molecule has 3 heteroatoms. The zero-order valence-corrected chi connectivity index (χ0v) is 6.43. The quantitative estimate of drug-likeness (QED) is 0.558. The van der Waals surface area contributed by atoms with Gasteiger partial charge in [0.15, 0.2) is 0 Å². The van der Waals surface area contributed by atoms with E-state index in [4.69, 9.17) is 0 Å². The number of rotatable bonds is 1. The van der Waals surface area contributed by atoms with Gasteiger partial charge in [0.2, 0.25) is 0 Å². The van der Waals surface area contributed by atoms with Crippen LogP contribution in [0.2, 0.25) is 0 Å². The Morgan fingerprint density at radius 3 is 2.22 bits per heavy atom. The molecule has 1 fully saturated rings. The van der Waals surface area contributed by atoms with Crippen molar-refractivity contribution in [1.29, 1.82) is 0 Å². The fourth-order valence-electron chi connectivity index (χ4n) is 1.44. The van der Waals surface area contributed by atoms with Gasteiger partial charge in [-0.25, -0.2) is 8.42 Å². The van der Waals surface area contributed by atoms with E-state index in [-0.39, 0.29) is 5.25 Å². The van der Waals surface area contributed by atoms with Crippen molar-refractivity contribution in [1.82, 2.24) is 0 Å². The normalized spacial score (nSPS) is 35.8. The molecule has 9 heavy (non-hydrogen) atoms. The maximum absolute atomic E-state index is 10.4. The number of hydrogen-bond acceptors (Lipinski definition) is 2. The Morgan fingerprint density at radius 2 is 2.00 bits per heavy atom. The summed E-state index contributed by atoms with van der Waals surface area (Å²) in [6.07, 6.45) is 3.07. The molecule has 0 heterocycles. The highest BCUT2D eigenvalue weighted by atomic mass is 32.2. The first-order chi connectivity index (χ1) is 4.22. The molecule has 2 atom stereocenters. The molecular formula is C6H12O2S. The standard InChI is InChI=1S/C6H12O2S/c1-5-3-2-4-6(5)9(7)8/h5-6,9H,2-4H2,1H3. The molecule has 0 aromatic rings. The van der Waals surface area contributed by atoms with Crippen LogP contribution in [0.3, 0.4) is 0 Å². The van der Waals surface area contributed by atoms with Crippen LogP contribution in [0.15, 0.2) is 0 Å². The van der Waals surface area contributed by atoms with E-state index in [1.807, 2.05) is 6.92 Å². The molecule has 0 spiro atoms. The Labute approximate surface area is 57.2 Å². The average molecular weight is 148 g/mol. The van der Waals surface area contributed by atoms with Crippen LogP contribution < -0.4 is 0 Å². The summed E-state index contributed by atoms with van der Waals surface area (Å²) in [4.78, 5) is 0. The van der Waals surface area contributed by atoms with Crippen molar-refractivity contribution in [2.24, 2.45) is 5.92 Å². The maximum atomic E-state index is 10.4. The van der Waals surface area contributed by atoms with Gasteiger partial charge in [-0.2, -0.15) is 0 Å². The molecule has 2 nitrogen and oxygen atoms in total. The highest BCUT2D eigenvalue weighted by Gasteiger charge is 2.25. The van der Waals surface area contributed by atoms with Gasteiger partial charge in [-0.05, 0) is 18.8 Å². The molecule has 0 N–H and O–H groups in total. The highest BCUT2D eigenvalue weighted by Crippen LogP contribution is 2.26. The van der Waals surface area contributed by atoms with Crippen LogP contribution in [0.25, 0.3) is 0 Å². The summed E-state index contributed by atoms with van der Waals surface area (Å²) < 4.78 is 20.9. The SMILES string of the molecule is CC1CCCC1[SH](=O)=O. The summed E-state index contributed by atoms with van der Waals surface area (Å²) >= 11 is 0. The van der Waals surface area contributed by atoms with Crippen molar-refractivity contribution in [2.45, 2.75) is 31.4 Å². The molecule has 1 aliphatic carbocycles. The third-order valence-corrected chi connectivity index (χ3v) is 3.40. The Kier molecular flexibility index (Phi) is 2.11. The Hall–Kier alpha value is -0.0500. The van der Waals surface area contributed by atoms with E-state index in [2.05, 4.69) is 0 Å². The molecule has 2 unspecified atom stereocenters. The second kappa shape index (κ2) is 2.69. The lowest BCUT2D eigenvalue weighted by Crippen LogP contribution is -2.11. The largest absolute Gasteiger partial charge is 0.232 e. The maximum Gasteiger partial charge on any atom is 0.143 e. The smallest absolute Gasteiger partial charge is 0.143 e. The molecule has 1 aliphatic rings. The van der Waals surface area contributed by atoms with E-state index >= 15 is 0 Å². The third kappa shape index (κ3) is 1.45. The monoisotopic (exact) mass is 148 g/mol. The average Bonchev–Trinajstić information content (AvgIpc) is 2.13. The molecule has 0 aliphatic heterocycles. The first-order valence-electron chi connectivity index (χ1n) is 3.35. The zero-order valence-electron chi connectivity index (χ0n) is 5.54. The predicted molar refractivity (Wildman–Crippen MR) is 37.1 cm³/mol. The fourth-order valence-corrected chi connectivity index (χ4v) is 2.40. The second-order valence-electron chi connectivity index (χ2n) is 2.76. The Morgan fingerprint density at radius 1 is 1.33 bits per heavy atom. The van der Waals surface area contributed by atoms with Gasteiger partial charge in [-0.15, -0.1) is 0 Å². The van der Waals surface area contributed by atoms with Crippen molar-refractivity contribution < 1.29 is 8.42 Å². The molecule has 54 valence electrons. The minimum atomic E-state index is -2.14. The molecule has 0 amide bonds. The van der Waals surface area contributed by atoms with Gasteiger partial charge in [-0.1, -0.05) is 13.3 Å². The van der Waals surface area contributed by atoms with Gasteiger partial charge < -0.3 is 0 Å². The first kappa shape index (κ1) is 7.06. The summed E-state index contributed by atoms with van der Waals surface area (Å²) in [5, 5.41) is -0.0139. The molecule has 1 saturated carbocycles. The summed E-state index contributed by atoms with van der Waals surface area (Å²) in [5.74, 6) is 0.408. The van der Waals surface area contributed by atoms with E-state index in [0.717, 1.165) is 19.3 Å². The summed E-state index contributed by atoms with van der Waals surface area (Å²) in [6.45, 7) is 2.02. The lowest BCUT2D eigenvalue weighted by atomic mass is 10.1. The Bertz CT molecular complexity index is 154. The van der Waals surface area contributed by atoms with E-state index in [1.54, 1.807) is 0 Å². The molecule has 1 rings (SSSR count). The molecule has 0 aromatic carbocycles. The van der Waals surface area contributed by atoms with Gasteiger partial charge >= 0.3 is 0 Å². The lowest BCUT2D eigenvalue weighted by molar-refractivity contribution is 0.562. The predicted octanol–water partition coefficient (Wildman–Crippen LogP) is 0.786. The van der Waals surface area contributed by atoms with Crippen LogP contribution in [0.5, 0.6) is 0 Å². The van der Waals surface area contributed by atoms with Crippen molar-refractivity contribution >= 4 is 10.7 Å². The van der Waals surface area contributed by atoms with Crippen molar-refractivity contribution in [3.05, 3.63) is 0 Å². The van der Waals surface area contributed by atoms with Crippen LogP contribution in [0.4, 0.5) is 0 Å². The molecule has 0 radical (unpaired) electrons. The van der Waals surface area contributed by atoms with E-state index in [0.29, 0.717) is 5.92 Å². The second-order valence-corrected chi connectivity index (χ2v) is 3.99. The van der Waals surface area contributed by atoms with Gasteiger partial charge in [-0.3, -0.25) is 0 Å². The third-order valence-electron chi connectivity index (χ3n) is 2.09. The van der Waals surface area contributed by atoms with Crippen LogP contribution in [0.1, 0.15) is 26.2 Å². The highest BCUT2D eigenvalue weighted by molar-refractivity contribution is 7.73. The van der Waals surface area contributed by atoms with Crippen LogP contribution >= 0.6 is 0 Å². The molecule has 0 aromatic heterocycles. The van der Waals surface area contributed by atoms with E-state index in [9.17, 15) is 8.42 Å². The minimum Gasteiger partial charge on any atom is -0.232 e. The van der Waals surface area contributed by atoms with Crippen LogP contribution in [-0.4, -0.2) is 13.7 Å². The fraction of sp³-hybridized carbons (Fsp3) is 1.00. The van der Waals surface area contributed by atoms with Gasteiger partial charge in [0.25, 0.3) is 0 Å². The van der Waals surface area contributed by atoms with Crippen molar-refractivity contribution in [2.75, 3.05) is 0 Å². The van der Waals surface area contributed by atoms with Crippen LogP contribution in [0, 0.1) is 5.92 Å². The topological polar surface area (TPSA) is 34.1 Å². The Balaban J connectivity index is 2.59. The van der Waals surface area contributed by atoms with Gasteiger partial charge in [0, 0.05) is 0 Å². The van der Waals surface area contributed by atoms with Crippen molar-refractivity contribution in [3.63, 3.8) is 0 Å². The summed E-state index contributed by atoms with van der Waals surface area (Å²) in [6, 6.07) is 0. The molecule has 0 bridgehead atoms. The van der Waals surface area contributed by atoms with E-state index < -0.39 is 10.7 Å². The first-order valence-corrected chi connectivity index (χ1v) is 4.60. The van der Waals surface area contributed by atoms with Crippen LogP contribution in [-0.2, 0) is 10.7 Å². The van der Waals surface area contributed by atoms with Gasteiger partial charge in [0.1, 0.15) is 10.7 Å². The summed E-state index contributed by atoms with van der Waals surface area (Å²) in [5.41, 5.74) is 0. The van der Waals surface area contributed by atoms with Gasteiger partial charge in [0.05, 0.1) is 5.25 Å². The minimum absolute atomic E-state index is 0.0139. The number of hydrogen-bond donors (Lipinski definition) is 1. The summed E-state index contributed by atoms with van der Waals surface area (Å²) in [7, 11) is -2.14. The number of thiol groups is 1. The lowest BCUT2D eigenvalue weighted by Gasteiger charge is -2.04. The van der Waals surface area contributed by atoms with Crippen molar-refractivity contribution in [3.8, 4) is 0 Å².